The second-order valence-corrected chi connectivity index (χ2v) is 8.20. The van der Waals surface area contributed by atoms with Crippen LogP contribution >= 0.6 is 0 Å². The molecule has 1 aliphatic rings. The van der Waals surface area contributed by atoms with Crippen molar-refractivity contribution in [3.63, 3.8) is 0 Å². The van der Waals surface area contributed by atoms with Crippen molar-refractivity contribution in [3.8, 4) is 11.1 Å². The number of benzene rings is 2. The van der Waals surface area contributed by atoms with Crippen LogP contribution in [-0.2, 0) is 10.4 Å². The van der Waals surface area contributed by atoms with Crippen molar-refractivity contribution in [3.05, 3.63) is 59.2 Å². The first-order valence-electron chi connectivity index (χ1n) is 10.6. The molecule has 6 heteroatoms. The van der Waals surface area contributed by atoms with E-state index in [-0.39, 0.29) is 23.0 Å². The van der Waals surface area contributed by atoms with Gasteiger partial charge in [0, 0.05) is 37.1 Å². The summed E-state index contributed by atoms with van der Waals surface area (Å²) in [7, 11) is 0. The molecule has 2 atom stereocenters. The van der Waals surface area contributed by atoms with Crippen molar-refractivity contribution >= 4 is 5.91 Å². The third-order valence-electron chi connectivity index (χ3n) is 5.95. The van der Waals surface area contributed by atoms with E-state index >= 15 is 4.39 Å². The Morgan fingerprint density at radius 1 is 1.27 bits per heavy atom. The summed E-state index contributed by atoms with van der Waals surface area (Å²) in [5, 5.41) is 18.0. The van der Waals surface area contributed by atoms with Crippen LogP contribution < -0.4 is 10.6 Å². The van der Waals surface area contributed by atoms with E-state index in [9.17, 15) is 14.3 Å². The summed E-state index contributed by atoms with van der Waals surface area (Å²) < 4.78 is 29.8. The Bertz CT molecular complexity index is 897. The lowest BCUT2D eigenvalue weighted by Crippen LogP contribution is -2.45. The van der Waals surface area contributed by atoms with Crippen LogP contribution in [0.1, 0.15) is 43.7 Å². The predicted octanol–water partition coefficient (Wildman–Crippen LogP) is 4.04. The molecular weight excluding hydrogens is 386 g/mol. The molecule has 2 aromatic carbocycles. The first kappa shape index (κ1) is 22.4. The summed E-state index contributed by atoms with van der Waals surface area (Å²) in [6, 6.07) is 9.17. The minimum Gasteiger partial charge on any atom is -0.385 e. The van der Waals surface area contributed by atoms with Crippen LogP contribution in [0.2, 0.25) is 0 Å². The van der Waals surface area contributed by atoms with Gasteiger partial charge in [-0.2, -0.15) is 0 Å². The summed E-state index contributed by atoms with van der Waals surface area (Å²) >= 11 is 0. The van der Waals surface area contributed by atoms with E-state index in [1.54, 1.807) is 24.3 Å². The Balaban J connectivity index is 2.07. The van der Waals surface area contributed by atoms with Gasteiger partial charge in [0.1, 0.15) is 11.6 Å². The molecule has 4 nitrogen and oxygen atoms in total. The number of nitrogens with one attached hydrogen (secondary N) is 2. The molecule has 0 saturated carbocycles. The van der Waals surface area contributed by atoms with Crippen molar-refractivity contribution in [2.24, 2.45) is 5.92 Å². The molecule has 3 N–H and O–H groups in total. The van der Waals surface area contributed by atoms with Gasteiger partial charge in [0.05, 0.1) is 5.60 Å². The monoisotopic (exact) mass is 416 g/mol. The molecule has 1 amide bonds. The zero-order valence-corrected chi connectivity index (χ0v) is 17.6. The second-order valence-electron chi connectivity index (χ2n) is 8.20. The molecule has 0 radical (unpaired) electrons. The first-order chi connectivity index (χ1) is 14.3. The number of hydrogen-bond donors (Lipinski definition) is 3. The van der Waals surface area contributed by atoms with Gasteiger partial charge < -0.3 is 15.7 Å². The van der Waals surface area contributed by atoms with Gasteiger partial charge in [-0.3, -0.25) is 4.79 Å². The van der Waals surface area contributed by atoms with E-state index in [4.69, 9.17) is 0 Å². The number of hydrogen-bond acceptors (Lipinski definition) is 3. The van der Waals surface area contributed by atoms with E-state index in [0.29, 0.717) is 31.5 Å². The predicted molar refractivity (Wildman–Crippen MR) is 114 cm³/mol. The third-order valence-corrected chi connectivity index (χ3v) is 5.95. The molecule has 0 spiro atoms. The van der Waals surface area contributed by atoms with Gasteiger partial charge in [-0.25, -0.2) is 8.78 Å². The van der Waals surface area contributed by atoms with Gasteiger partial charge in [-0.1, -0.05) is 23.8 Å². The number of aliphatic hydroxyl groups is 1. The van der Waals surface area contributed by atoms with Crippen LogP contribution in [0, 0.1) is 24.5 Å². The molecule has 0 aliphatic carbocycles. The number of aryl methyl sites for hydroxylation is 1. The maximum Gasteiger partial charge on any atom is 0.216 e. The van der Waals surface area contributed by atoms with Gasteiger partial charge in [-0.15, -0.1) is 0 Å². The smallest absolute Gasteiger partial charge is 0.216 e. The number of piperidine rings is 1. The van der Waals surface area contributed by atoms with E-state index in [1.165, 1.54) is 19.1 Å². The molecule has 0 bridgehead atoms. The largest absolute Gasteiger partial charge is 0.385 e. The molecule has 2 aromatic rings. The summed E-state index contributed by atoms with van der Waals surface area (Å²) in [5.41, 5.74) is 0.149. The summed E-state index contributed by atoms with van der Waals surface area (Å²) in [6.45, 7) is 5.17. The fourth-order valence-electron chi connectivity index (χ4n) is 4.43. The second kappa shape index (κ2) is 9.67. The van der Waals surface area contributed by atoms with Gasteiger partial charge in [0.15, 0.2) is 0 Å². The average Bonchev–Trinajstić information content (AvgIpc) is 2.73. The first-order valence-corrected chi connectivity index (χ1v) is 10.6. The van der Waals surface area contributed by atoms with E-state index in [1.807, 2.05) is 6.92 Å². The van der Waals surface area contributed by atoms with Crippen LogP contribution in [0.4, 0.5) is 8.78 Å². The molecule has 3 rings (SSSR count). The Labute approximate surface area is 176 Å². The zero-order valence-electron chi connectivity index (χ0n) is 17.6. The molecule has 1 unspecified atom stereocenters. The number of rotatable bonds is 7. The normalized spacial score (nSPS) is 18.6. The van der Waals surface area contributed by atoms with Crippen molar-refractivity contribution < 1.29 is 18.7 Å². The van der Waals surface area contributed by atoms with Crippen LogP contribution in [-0.4, -0.2) is 30.6 Å². The highest BCUT2D eigenvalue weighted by Gasteiger charge is 2.41. The van der Waals surface area contributed by atoms with Crippen molar-refractivity contribution in [2.45, 2.75) is 45.1 Å². The molecule has 0 aromatic heterocycles. The lowest BCUT2D eigenvalue weighted by Gasteiger charge is -2.40. The van der Waals surface area contributed by atoms with Crippen LogP contribution in [0.25, 0.3) is 11.1 Å². The Hall–Kier alpha value is -2.31. The number of carbonyl (C=O) groups is 1. The van der Waals surface area contributed by atoms with Gasteiger partial charge in [-0.05, 0) is 62.9 Å². The van der Waals surface area contributed by atoms with Crippen LogP contribution in [0.3, 0.4) is 0 Å². The topological polar surface area (TPSA) is 61.4 Å². The molecule has 1 fully saturated rings. The van der Waals surface area contributed by atoms with Gasteiger partial charge in [0.2, 0.25) is 5.91 Å². The average molecular weight is 417 g/mol. The number of amides is 1. The summed E-state index contributed by atoms with van der Waals surface area (Å²) in [5.74, 6) is -1.35. The Morgan fingerprint density at radius 2 is 2.07 bits per heavy atom. The van der Waals surface area contributed by atoms with Gasteiger partial charge >= 0.3 is 0 Å². The van der Waals surface area contributed by atoms with Crippen molar-refractivity contribution in [1.82, 2.24) is 10.6 Å². The fourth-order valence-corrected chi connectivity index (χ4v) is 4.43. The van der Waals surface area contributed by atoms with Crippen LogP contribution in [0.5, 0.6) is 0 Å². The summed E-state index contributed by atoms with van der Waals surface area (Å²) in [4.78, 5) is 11.2. The Morgan fingerprint density at radius 3 is 2.77 bits per heavy atom. The SMILES string of the molecule is CC(=O)NCCC[C@@](O)(c1cccc(F)c1-c1cc(C)ccc1F)C1CCCNC1. The lowest BCUT2D eigenvalue weighted by atomic mass is 9.72. The van der Waals surface area contributed by atoms with E-state index in [0.717, 1.165) is 24.9 Å². The number of halogens is 2. The summed E-state index contributed by atoms with van der Waals surface area (Å²) in [6.07, 6.45) is 2.56. The highest BCUT2D eigenvalue weighted by molar-refractivity contribution is 5.72. The third kappa shape index (κ3) is 4.87. The molecular formula is C24H30F2N2O2. The zero-order chi connectivity index (χ0) is 21.7. The van der Waals surface area contributed by atoms with Crippen LogP contribution in [0.15, 0.2) is 36.4 Å². The standard InChI is InChI=1S/C24H30F2N2O2/c1-16-9-10-21(25)19(14-16)23-20(7-3-8-22(23)26)24(30,11-5-13-28-17(2)29)18-6-4-12-27-15-18/h3,7-10,14,18,27,30H,4-6,11-13,15H2,1-2H3,(H,28,29)/t18?,24-/m0/s1. The molecule has 30 heavy (non-hydrogen) atoms. The highest BCUT2D eigenvalue weighted by atomic mass is 19.1. The van der Waals surface area contributed by atoms with Gasteiger partial charge in [0.25, 0.3) is 0 Å². The quantitative estimate of drug-likeness (QED) is 0.597. The fraction of sp³-hybridized carbons (Fsp3) is 0.458. The molecule has 1 aliphatic heterocycles. The minimum absolute atomic E-state index is 0.117. The highest BCUT2D eigenvalue weighted by Crippen LogP contribution is 2.43. The van der Waals surface area contributed by atoms with Crippen molar-refractivity contribution in [1.29, 1.82) is 0 Å². The van der Waals surface area contributed by atoms with Crippen molar-refractivity contribution in [2.75, 3.05) is 19.6 Å². The maximum absolute atomic E-state index is 15.1. The minimum atomic E-state index is -1.35. The molecule has 1 heterocycles. The number of carbonyl (C=O) groups excluding carboxylic acids is 1. The van der Waals surface area contributed by atoms with E-state index < -0.39 is 17.2 Å². The lowest BCUT2D eigenvalue weighted by molar-refractivity contribution is -0.119. The van der Waals surface area contributed by atoms with E-state index in [2.05, 4.69) is 10.6 Å². The molecule has 1 saturated heterocycles. The Kier molecular flexibility index (Phi) is 7.21. The molecule has 162 valence electrons. The maximum atomic E-state index is 15.1.